The van der Waals surface area contributed by atoms with Crippen LogP contribution in [-0.2, 0) is 22.9 Å². The van der Waals surface area contributed by atoms with Gasteiger partial charge >= 0.3 is 0 Å². The number of rotatable bonds is 4. The van der Waals surface area contributed by atoms with Crippen LogP contribution in [0.3, 0.4) is 0 Å². The van der Waals surface area contributed by atoms with Crippen LogP contribution in [0.2, 0.25) is 0 Å². The molecule has 0 spiro atoms. The minimum Gasteiger partial charge on any atom is -0.495 e. The molecule has 1 aliphatic carbocycles. The van der Waals surface area contributed by atoms with E-state index in [1.165, 1.54) is 12.7 Å². The summed E-state index contributed by atoms with van der Waals surface area (Å²) in [5, 5.41) is 0. The van der Waals surface area contributed by atoms with E-state index < -0.39 is 15.6 Å². The largest absolute Gasteiger partial charge is 0.495 e. The number of sulfonamides is 1. The Morgan fingerprint density at radius 1 is 1.11 bits per heavy atom. The standard InChI is InChI=1S/C22H27NO4S/c1-22(2)14-18(17-10-6-7-11-19(17)27-22)23-28(24,25)21-13-16-9-5-4-8-15(16)12-20(21)26-3/h6-7,10-13,18,23H,4-5,8-9,14H2,1-3H3/t18-/m0/s1. The van der Waals surface area contributed by atoms with E-state index in [0.29, 0.717) is 12.2 Å². The third kappa shape index (κ3) is 3.63. The highest BCUT2D eigenvalue weighted by Crippen LogP contribution is 2.40. The maximum Gasteiger partial charge on any atom is 0.244 e. The van der Waals surface area contributed by atoms with Crippen LogP contribution in [-0.4, -0.2) is 21.1 Å². The Bertz CT molecular complexity index is 998. The van der Waals surface area contributed by atoms with Gasteiger partial charge in [-0.2, -0.15) is 0 Å². The van der Waals surface area contributed by atoms with Gasteiger partial charge in [0.25, 0.3) is 0 Å². The molecule has 28 heavy (non-hydrogen) atoms. The number of hydrogen-bond donors (Lipinski definition) is 1. The molecule has 0 saturated heterocycles. The Morgan fingerprint density at radius 3 is 2.50 bits per heavy atom. The monoisotopic (exact) mass is 401 g/mol. The van der Waals surface area contributed by atoms with E-state index in [9.17, 15) is 8.42 Å². The van der Waals surface area contributed by atoms with Crippen molar-refractivity contribution >= 4 is 10.0 Å². The fraction of sp³-hybridized carbons (Fsp3) is 0.455. The Kier molecular flexibility index (Phi) is 4.88. The van der Waals surface area contributed by atoms with Crippen LogP contribution in [0.25, 0.3) is 0 Å². The molecule has 2 aromatic carbocycles. The summed E-state index contributed by atoms with van der Waals surface area (Å²) in [6.45, 7) is 3.95. The van der Waals surface area contributed by atoms with Gasteiger partial charge in [0.05, 0.1) is 13.2 Å². The number of nitrogens with one attached hydrogen (secondary N) is 1. The maximum atomic E-state index is 13.4. The van der Waals surface area contributed by atoms with E-state index in [1.807, 2.05) is 44.2 Å². The SMILES string of the molecule is COc1cc2c(cc1S(=O)(=O)N[C@H]1CC(C)(C)Oc3ccccc31)CCCC2. The first-order valence-electron chi connectivity index (χ1n) is 9.79. The van der Waals surface area contributed by atoms with Crippen LogP contribution >= 0.6 is 0 Å². The highest BCUT2D eigenvalue weighted by molar-refractivity contribution is 7.89. The summed E-state index contributed by atoms with van der Waals surface area (Å²) in [5.74, 6) is 1.14. The van der Waals surface area contributed by atoms with Gasteiger partial charge in [-0.25, -0.2) is 13.1 Å². The molecule has 0 radical (unpaired) electrons. The summed E-state index contributed by atoms with van der Waals surface area (Å²) in [5.41, 5.74) is 2.71. The van der Waals surface area contributed by atoms with Crippen molar-refractivity contribution in [3.8, 4) is 11.5 Å². The van der Waals surface area contributed by atoms with E-state index >= 15 is 0 Å². The second kappa shape index (κ2) is 7.08. The van der Waals surface area contributed by atoms with Crippen LogP contribution in [0.5, 0.6) is 11.5 Å². The highest BCUT2D eigenvalue weighted by Gasteiger charge is 2.36. The molecule has 2 aromatic rings. The van der Waals surface area contributed by atoms with Crippen LogP contribution in [0, 0.1) is 0 Å². The molecule has 0 saturated carbocycles. The number of benzene rings is 2. The molecule has 0 fully saturated rings. The first-order valence-corrected chi connectivity index (χ1v) is 11.3. The zero-order valence-corrected chi connectivity index (χ0v) is 17.4. The quantitative estimate of drug-likeness (QED) is 0.836. The van der Waals surface area contributed by atoms with Crippen molar-refractivity contribution in [3.05, 3.63) is 53.1 Å². The van der Waals surface area contributed by atoms with Gasteiger partial charge in [0.2, 0.25) is 10.0 Å². The third-order valence-electron chi connectivity index (χ3n) is 5.59. The normalized spacial score (nSPS) is 20.6. The zero-order chi connectivity index (χ0) is 19.9. The van der Waals surface area contributed by atoms with Gasteiger partial charge in [0, 0.05) is 12.0 Å². The molecule has 0 bridgehead atoms. The molecule has 150 valence electrons. The van der Waals surface area contributed by atoms with Gasteiger partial charge in [0.1, 0.15) is 22.0 Å². The molecule has 1 heterocycles. The number of fused-ring (bicyclic) bond motifs is 2. The molecule has 1 atom stereocenters. The number of ether oxygens (including phenoxy) is 2. The number of methoxy groups -OCH3 is 1. The average Bonchev–Trinajstić information content (AvgIpc) is 2.65. The Hall–Kier alpha value is -2.05. The highest BCUT2D eigenvalue weighted by atomic mass is 32.2. The molecule has 6 heteroatoms. The first kappa shape index (κ1) is 19.3. The van der Waals surface area contributed by atoms with E-state index in [4.69, 9.17) is 9.47 Å². The molecular weight excluding hydrogens is 374 g/mol. The lowest BCUT2D eigenvalue weighted by molar-refractivity contribution is 0.0702. The number of hydrogen-bond acceptors (Lipinski definition) is 4. The maximum absolute atomic E-state index is 13.4. The molecule has 4 rings (SSSR count). The van der Waals surface area contributed by atoms with E-state index in [2.05, 4.69) is 4.72 Å². The minimum absolute atomic E-state index is 0.220. The predicted molar refractivity (Wildman–Crippen MR) is 108 cm³/mol. The molecule has 1 N–H and O–H groups in total. The number of aryl methyl sites for hydroxylation is 2. The fourth-order valence-corrected chi connectivity index (χ4v) is 5.68. The molecule has 0 unspecified atom stereocenters. The molecular formula is C22H27NO4S. The first-order chi connectivity index (χ1) is 13.3. The lowest BCUT2D eigenvalue weighted by Crippen LogP contribution is -2.41. The van der Waals surface area contributed by atoms with Crippen molar-refractivity contribution in [3.63, 3.8) is 0 Å². The molecule has 0 aromatic heterocycles. The Balaban J connectivity index is 1.72. The van der Waals surface area contributed by atoms with Crippen molar-refractivity contribution in [2.75, 3.05) is 7.11 Å². The summed E-state index contributed by atoms with van der Waals surface area (Å²) >= 11 is 0. The van der Waals surface area contributed by atoms with Gasteiger partial charge in [-0.15, -0.1) is 0 Å². The van der Waals surface area contributed by atoms with Crippen molar-refractivity contribution in [2.45, 2.75) is 62.5 Å². The van der Waals surface area contributed by atoms with E-state index in [1.54, 1.807) is 6.07 Å². The van der Waals surface area contributed by atoms with Gasteiger partial charge < -0.3 is 9.47 Å². The van der Waals surface area contributed by atoms with Gasteiger partial charge in [-0.05, 0) is 68.9 Å². The van der Waals surface area contributed by atoms with Crippen molar-refractivity contribution < 1.29 is 17.9 Å². The average molecular weight is 402 g/mol. The summed E-state index contributed by atoms with van der Waals surface area (Å²) in [7, 11) is -2.24. The Morgan fingerprint density at radius 2 is 1.79 bits per heavy atom. The number of para-hydroxylation sites is 1. The van der Waals surface area contributed by atoms with Gasteiger partial charge in [-0.1, -0.05) is 18.2 Å². The minimum atomic E-state index is -3.76. The topological polar surface area (TPSA) is 64.6 Å². The van der Waals surface area contributed by atoms with Crippen LogP contribution in [0.1, 0.15) is 55.8 Å². The van der Waals surface area contributed by atoms with Crippen molar-refractivity contribution in [1.29, 1.82) is 0 Å². The molecule has 2 aliphatic rings. The summed E-state index contributed by atoms with van der Waals surface area (Å²) in [6.07, 6.45) is 4.66. The van der Waals surface area contributed by atoms with Crippen LogP contribution in [0.15, 0.2) is 41.3 Å². The lowest BCUT2D eigenvalue weighted by Gasteiger charge is -2.37. The predicted octanol–water partition coefficient (Wildman–Crippen LogP) is 4.15. The third-order valence-corrected chi connectivity index (χ3v) is 7.08. The molecule has 0 amide bonds. The Labute approximate surface area is 167 Å². The summed E-state index contributed by atoms with van der Waals surface area (Å²) in [4.78, 5) is 0.220. The van der Waals surface area contributed by atoms with Crippen LogP contribution in [0.4, 0.5) is 0 Å². The second-order valence-electron chi connectivity index (χ2n) is 8.26. The summed E-state index contributed by atoms with van der Waals surface area (Å²) in [6, 6.07) is 10.9. The van der Waals surface area contributed by atoms with E-state index in [0.717, 1.165) is 42.6 Å². The van der Waals surface area contributed by atoms with Gasteiger partial charge in [-0.3, -0.25) is 0 Å². The fourth-order valence-electron chi connectivity index (χ4n) is 4.27. The van der Waals surface area contributed by atoms with Crippen LogP contribution < -0.4 is 14.2 Å². The lowest BCUT2D eigenvalue weighted by atomic mass is 9.90. The molecule has 1 aliphatic heterocycles. The van der Waals surface area contributed by atoms with E-state index in [-0.39, 0.29) is 10.9 Å². The second-order valence-corrected chi connectivity index (χ2v) is 9.94. The summed E-state index contributed by atoms with van der Waals surface area (Å²) < 4.78 is 41.1. The van der Waals surface area contributed by atoms with Crippen molar-refractivity contribution in [1.82, 2.24) is 4.72 Å². The zero-order valence-electron chi connectivity index (χ0n) is 16.6. The molecule has 5 nitrogen and oxygen atoms in total. The smallest absolute Gasteiger partial charge is 0.244 e. The van der Waals surface area contributed by atoms with Crippen molar-refractivity contribution in [2.24, 2.45) is 0 Å². The van der Waals surface area contributed by atoms with Gasteiger partial charge in [0.15, 0.2) is 0 Å².